The zero-order valence-corrected chi connectivity index (χ0v) is 16.0. The summed E-state index contributed by atoms with van der Waals surface area (Å²) in [6.07, 6.45) is 0.627. The highest BCUT2D eigenvalue weighted by atomic mass is 19.1. The summed E-state index contributed by atoms with van der Waals surface area (Å²) in [6, 6.07) is 13.7. The molecule has 0 spiro atoms. The third kappa shape index (κ3) is 5.53. The molecule has 7 heteroatoms. The van der Waals surface area contributed by atoms with Crippen molar-refractivity contribution in [2.45, 2.75) is 6.42 Å². The predicted octanol–water partition coefficient (Wildman–Crippen LogP) is 1.87. The number of piperazine rings is 1. The Morgan fingerprint density at radius 1 is 1.00 bits per heavy atom. The van der Waals surface area contributed by atoms with E-state index >= 15 is 0 Å². The normalized spacial score (nSPS) is 14.6. The van der Waals surface area contributed by atoms with Crippen molar-refractivity contribution in [3.8, 4) is 0 Å². The zero-order valence-electron chi connectivity index (χ0n) is 16.0. The van der Waals surface area contributed by atoms with Gasteiger partial charge in [0.15, 0.2) is 0 Å². The number of likely N-dealkylation sites (N-methyl/N-ethyl adjacent to an activating group) is 1. The van der Waals surface area contributed by atoms with Crippen molar-refractivity contribution in [3.05, 3.63) is 59.9 Å². The fourth-order valence-corrected chi connectivity index (χ4v) is 3.09. The average molecular weight is 384 g/mol. The van der Waals surface area contributed by atoms with Crippen LogP contribution in [0.4, 0.5) is 15.8 Å². The predicted molar refractivity (Wildman–Crippen MR) is 108 cm³/mol. The van der Waals surface area contributed by atoms with Gasteiger partial charge in [-0.2, -0.15) is 0 Å². The Balaban J connectivity index is 1.43. The molecule has 2 aromatic rings. The van der Waals surface area contributed by atoms with Crippen LogP contribution in [0.1, 0.15) is 5.56 Å². The second kappa shape index (κ2) is 9.32. The Hall–Kier alpha value is -2.93. The second-order valence-corrected chi connectivity index (χ2v) is 6.93. The molecule has 1 heterocycles. The number of hydrogen-bond donors (Lipinski definition) is 2. The quantitative estimate of drug-likeness (QED) is 0.773. The summed E-state index contributed by atoms with van der Waals surface area (Å²) in [5, 5.41) is 4.97. The summed E-state index contributed by atoms with van der Waals surface area (Å²) in [5.74, 6) is -2.02. The smallest absolute Gasteiger partial charge is 0.313 e. The number of rotatable bonds is 5. The first-order chi connectivity index (χ1) is 13.5. The van der Waals surface area contributed by atoms with Crippen LogP contribution in [0.15, 0.2) is 48.5 Å². The Morgan fingerprint density at radius 3 is 2.39 bits per heavy atom. The second-order valence-electron chi connectivity index (χ2n) is 6.93. The minimum atomic E-state index is -0.809. The van der Waals surface area contributed by atoms with Gasteiger partial charge >= 0.3 is 11.8 Å². The first kappa shape index (κ1) is 19.8. The fraction of sp³-hybridized carbons (Fsp3) is 0.333. The molecule has 148 valence electrons. The minimum absolute atomic E-state index is 0.250. The SMILES string of the molecule is CN1CCN(c2ccc(CCNC(=O)C(=O)Nc3cccc(F)c3)cc2)CC1. The minimum Gasteiger partial charge on any atom is -0.369 e. The van der Waals surface area contributed by atoms with E-state index in [4.69, 9.17) is 0 Å². The number of carbonyl (C=O) groups is 2. The maximum atomic E-state index is 13.1. The van der Waals surface area contributed by atoms with Crippen molar-refractivity contribution < 1.29 is 14.0 Å². The zero-order chi connectivity index (χ0) is 19.9. The van der Waals surface area contributed by atoms with Crippen LogP contribution in [0.25, 0.3) is 0 Å². The molecule has 0 unspecified atom stereocenters. The number of nitrogens with one attached hydrogen (secondary N) is 2. The number of halogens is 1. The molecule has 28 heavy (non-hydrogen) atoms. The number of amides is 2. The molecular weight excluding hydrogens is 359 g/mol. The highest BCUT2D eigenvalue weighted by Crippen LogP contribution is 2.17. The molecule has 1 aliphatic heterocycles. The van der Waals surface area contributed by atoms with Gasteiger partial charge in [0.1, 0.15) is 5.82 Å². The van der Waals surface area contributed by atoms with Gasteiger partial charge in [0.2, 0.25) is 0 Å². The summed E-state index contributed by atoms with van der Waals surface area (Å²) >= 11 is 0. The first-order valence-corrected chi connectivity index (χ1v) is 9.38. The summed E-state index contributed by atoms with van der Waals surface area (Å²) in [7, 11) is 2.13. The van der Waals surface area contributed by atoms with E-state index in [0.29, 0.717) is 13.0 Å². The molecular formula is C21H25FN4O2. The molecule has 1 saturated heterocycles. The maximum absolute atomic E-state index is 13.1. The molecule has 0 radical (unpaired) electrons. The lowest BCUT2D eigenvalue weighted by Gasteiger charge is -2.34. The van der Waals surface area contributed by atoms with Crippen molar-refractivity contribution in [1.29, 1.82) is 0 Å². The van der Waals surface area contributed by atoms with Crippen molar-refractivity contribution >= 4 is 23.2 Å². The molecule has 0 bridgehead atoms. The van der Waals surface area contributed by atoms with Crippen LogP contribution < -0.4 is 15.5 Å². The van der Waals surface area contributed by atoms with E-state index in [9.17, 15) is 14.0 Å². The lowest BCUT2D eigenvalue weighted by atomic mass is 10.1. The van der Waals surface area contributed by atoms with Crippen LogP contribution in [0.2, 0.25) is 0 Å². The first-order valence-electron chi connectivity index (χ1n) is 9.38. The van der Waals surface area contributed by atoms with Gasteiger partial charge in [-0.05, 0) is 49.4 Å². The molecule has 2 amide bonds. The highest BCUT2D eigenvalue weighted by Gasteiger charge is 2.15. The molecule has 0 aromatic heterocycles. The van der Waals surface area contributed by atoms with Crippen molar-refractivity contribution in [3.63, 3.8) is 0 Å². The maximum Gasteiger partial charge on any atom is 0.313 e. The molecule has 0 saturated carbocycles. The molecule has 0 aliphatic carbocycles. The van der Waals surface area contributed by atoms with Crippen LogP contribution in [0, 0.1) is 5.82 Å². The van der Waals surface area contributed by atoms with Crippen LogP contribution in [-0.2, 0) is 16.0 Å². The molecule has 2 N–H and O–H groups in total. The molecule has 3 rings (SSSR count). The van der Waals surface area contributed by atoms with Crippen molar-refractivity contribution in [2.24, 2.45) is 0 Å². The summed E-state index contributed by atoms with van der Waals surface area (Å²) in [6.45, 7) is 4.51. The van der Waals surface area contributed by atoms with Gasteiger partial charge in [0.25, 0.3) is 0 Å². The van der Waals surface area contributed by atoms with Crippen LogP contribution in [-0.4, -0.2) is 56.5 Å². The van der Waals surface area contributed by atoms with E-state index in [-0.39, 0.29) is 5.69 Å². The molecule has 0 atom stereocenters. The number of carbonyl (C=O) groups excluding carboxylic acids is 2. The third-order valence-electron chi connectivity index (χ3n) is 4.79. The summed E-state index contributed by atoms with van der Waals surface area (Å²) in [4.78, 5) is 28.4. The van der Waals surface area contributed by atoms with Gasteiger partial charge in [-0.15, -0.1) is 0 Å². The topological polar surface area (TPSA) is 64.7 Å². The standard InChI is InChI=1S/C21H25FN4O2/c1-25-11-13-26(14-12-25)19-7-5-16(6-8-19)9-10-23-20(27)21(28)24-18-4-2-3-17(22)15-18/h2-8,15H,9-14H2,1H3,(H,23,27)(H,24,28). The van der Waals surface area contributed by atoms with E-state index < -0.39 is 17.6 Å². The molecule has 6 nitrogen and oxygen atoms in total. The Morgan fingerprint density at radius 2 is 1.71 bits per heavy atom. The van der Waals surface area contributed by atoms with E-state index in [1.807, 2.05) is 12.1 Å². The highest BCUT2D eigenvalue weighted by molar-refractivity contribution is 6.39. The number of anilines is 2. The van der Waals surface area contributed by atoms with Gasteiger partial charge in [-0.1, -0.05) is 18.2 Å². The van der Waals surface area contributed by atoms with Gasteiger partial charge in [-0.25, -0.2) is 4.39 Å². The number of nitrogens with zero attached hydrogens (tertiary/aromatic N) is 2. The van der Waals surface area contributed by atoms with Crippen LogP contribution in [0.5, 0.6) is 0 Å². The van der Waals surface area contributed by atoms with Gasteiger partial charge < -0.3 is 20.4 Å². The van der Waals surface area contributed by atoms with Crippen molar-refractivity contribution in [1.82, 2.24) is 10.2 Å². The van der Waals surface area contributed by atoms with Gasteiger partial charge in [-0.3, -0.25) is 9.59 Å². The Kier molecular flexibility index (Phi) is 6.60. The van der Waals surface area contributed by atoms with Crippen LogP contribution >= 0.6 is 0 Å². The largest absolute Gasteiger partial charge is 0.369 e. The van der Waals surface area contributed by atoms with E-state index in [2.05, 4.69) is 39.6 Å². The van der Waals surface area contributed by atoms with E-state index in [0.717, 1.165) is 37.8 Å². The Bertz CT molecular complexity index is 817. The summed E-state index contributed by atoms with van der Waals surface area (Å²) < 4.78 is 13.1. The third-order valence-corrected chi connectivity index (χ3v) is 4.79. The number of benzene rings is 2. The monoisotopic (exact) mass is 384 g/mol. The molecule has 1 fully saturated rings. The molecule has 2 aromatic carbocycles. The lowest BCUT2D eigenvalue weighted by Crippen LogP contribution is -2.44. The fourth-order valence-electron chi connectivity index (χ4n) is 3.09. The number of hydrogen-bond acceptors (Lipinski definition) is 4. The van der Waals surface area contributed by atoms with Crippen LogP contribution in [0.3, 0.4) is 0 Å². The van der Waals surface area contributed by atoms with Gasteiger partial charge in [0.05, 0.1) is 0 Å². The average Bonchev–Trinajstić information content (AvgIpc) is 2.69. The molecule has 1 aliphatic rings. The van der Waals surface area contributed by atoms with E-state index in [1.54, 1.807) is 0 Å². The van der Waals surface area contributed by atoms with Gasteiger partial charge in [0, 0.05) is 44.1 Å². The summed E-state index contributed by atoms with van der Waals surface area (Å²) in [5.41, 5.74) is 2.54. The van der Waals surface area contributed by atoms with Crippen molar-refractivity contribution in [2.75, 3.05) is 50.0 Å². The lowest BCUT2D eigenvalue weighted by molar-refractivity contribution is -0.136. The Labute approximate surface area is 164 Å². The van der Waals surface area contributed by atoms with E-state index in [1.165, 1.54) is 23.9 Å².